The molecule has 35 heavy (non-hydrogen) atoms. The highest BCUT2D eigenvalue weighted by Gasteiger charge is 2.20. The van der Waals surface area contributed by atoms with E-state index in [1.165, 1.54) is 0 Å². The molecule has 2 aromatic carbocycles. The Bertz CT molecular complexity index is 1140. The fraction of sp³-hybridized carbons (Fsp3) is 0.308. The van der Waals surface area contributed by atoms with Gasteiger partial charge in [0.2, 0.25) is 5.75 Å². The molecule has 0 spiro atoms. The van der Waals surface area contributed by atoms with E-state index < -0.39 is 12.0 Å². The Kier molecular flexibility index (Phi) is 8.74. The van der Waals surface area contributed by atoms with E-state index in [1.807, 2.05) is 37.3 Å². The van der Waals surface area contributed by atoms with E-state index in [2.05, 4.69) is 0 Å². The van der Waals surface area contributed by atoms with E-state index in [0.29, 0.717) is 53.0 Å². The Hall–Kier alpha value is -3.98. The minimum Gasteiger partial charge on any atom is -0.494 e. The molecule has 0 saturated carbocycles. The number of hydrogen-bond donors (Lipinski definition) is 2. The minimum absolute atomic E-state index is 0.453. The van der Waals surface area contributed by atoms with Crippen LogP contribution >= 0.6 is 0 Å². The van der Waals surface area contributed by atoms with Crippen LogP contribution in [0.2, 0.25) is 0 Å². The van der Waals surface area contributed by atoms with Crippen molar-refractivity contribution in [3.63, 3.8) is 0 Å². The first-order valence-electron chi connectivity index (χ1n) is 11.1. The maximum atomic E-state index is 12.0. The number of benzene rings is 2. The predicted molar refractivity (Wildman–Crippen MR) is 131 cm³/mol. The van der Waals surface area contributed by atoms with Crippen LogP contribution in [-0.4, -0.2) is 50.6 Å². The summed E-state index contributed by atoms with van der Waals surface area (Å²) in [4.78, 5) is 16.8. The van der Waals surface area contributed by atoms with Gasteiger partial charge in [-0.15, -0.1) is 0 Å². The molecule has 0 radical (unpaired) electrons. The molecule has 3 rings (SSSR count). The zero-order chi connectivity index (χ0) is 25.4. The van der Waals surface area contributed by atoms with Gasteiger partial charge in [0.15, 0.2) is 17.6 Å². The largest absolute Gasteiger partial charge is 0.494 e. The molecule has 9 nitrogen and oxygen atoms in total. The third kappa shape index (κ3) is 5.75. The molecular formula is C26H30N2O7. The number of pyridine rings is 1. The first-order chi connectivity index (χ1) is 17.0. The highest BCUT2D eigenvalue weighted by atomic mass is 16.5. The van der Waals surface area contributed by atoms with E-state index in [0.717, 1.165) is 11.1 Å². The Balaban J connectivity index is 2.05. The monoisotopic (exact) mass is 482 g/mol. The third-order valence-corrected chi connectivity index (χ3v) is 5.38. The molecule has 0 bridgehead atoms. The van der Waals surface area contributed by atoms with Gasteiger partial charge in [-0.2, -0.15) is 0 Å². The van der Waals surface area contributed by atoms with Crippen LogP contribution in [0, 0.1) is 0 Å². The molecule has 2 N–H and O–H groups in total. The molecule has 0 aliphatic carbocycles. The van der Waals surface area contributed by atoms with Crippen molar-refractivity contribution in [1.82, 2.24) is 10.5 Å². The zero-order valence-corrected chi connectivity index (χ0v) is 20.5. The number of rotatable bonds is 11. The molecule has 0 fully saturated rings. The van der Waals surface area contributed by atoms with Gasteiger partial charge >= 0.3 is 0 Å². The Morgan fingerprint density at radius 3 is 2.17 bits per heavy atom. The topological polar surface area (TPSA) is 108 Å². The van der Waals surface area contributed by atoms with Crippen molar-refractivity contribution in [2.24, 2.45) is 0 Å². The smallest absolute Gasteiger partial charge is 0.284 e. The molecule has 1 aromatic heterocycles. The van der Waals surface area contributed by atoms with E-state index in [-0.39, 0.29) is 0 Å². The van der Waals surface area contributed by atoms with Crippen LogP contribution in [-0.2, 0) is 4.79 Å². The summed E-state index contributed by atoms with van der Waals surface area (Å²) in [5, 5.41) is 9.03. The van der Waals surface area contributed by atoms with Crippen molar-refractivity contribution in [3.8, 4) is 51.3 Å². The first kappa shape index (κ1) is 25.6. The lowest BCUT2D eigenvalue weighted by Gasteiger charge is -2.17. The number of methoxy groups -OCH3 is 4. The van der Waals surface area contributed by atoms with Gasteiger partial charge in [-0.3, -0.25) is 10.0 Å². The summed E-state index contributed by atoms with van der Waals surface area (Å²) in [7, 11) is 6.24. The molecule has 1 unspecified atom stereocenters. The van der Waals surface area contributed by atoms with Crippen LogP contribution in [0.25, 0.3) is 22.5 Å². The second-order valence-corrected chi connectivity index (χ2v) is 7.56. The number of hydrogen-bond acceptors (Lipinski definition) is 8. The van der Waals surface area contributed by atoms with Crippen molar-refractivity contribution < 1.29 is 33.7 Å². The van der Waals surface area contributed by atoms with Crippen LogP contribution in [0.3, 0.4) is 0 Å². The SMILES string of the molecule is CCCC(Oc1cccc(-c2nc(-c3cc(OC)c(OC)c(OC)c3)ccc2OC)c1)C(=O)NO. The summed E-state index contributed by atoms with van der Waals surface area (Å²) in [6.45, 7) is 1.93. The summed E-state index contributed by atoms with van der Waals surface area (Å²) in [5.41, 5.74) is 4.40. The van der Waals surface area contributed by atoms with Crippen molar-refractivity contribution in [2.45, 2.75) is 25.9 Å². The highest BCUT2D eigenvalue weighted by Crippen LogP contribution is 2.42. The first-order valence-corrected chi connectivity index (χ1v) is 11.1. The van der Waals surface area contributed by atoms with Crippen LogP contribution in [0.15, 0.2) is 48.5 Å². The Morgan fingerprint density at radius 2 is 1.60 bits per heavy atom. The molecule has 3 aromatic rings. The van der Waals surface area contributed by atoms with Crippen LogP contribution in [0.4, 0.5) is 0 Å². The van der Waals surface area contributed by atoms with Gasteiger partial charge in [0.25, 0.3) is 5.91 Å². The second-order valence-electron chi connectivity index (χ2n) is 7.56. The number of carbonyl (C=O) groups is 1. The normalized spacial score (nSPS) is 11.4. The minimum atomic E-state index is -0.819. The molecule has 1 atom stereocenters. The molecule has 186 valence electrons. The fourth-order valence-electron chi connectivity index (χ4n) is 3.67. The predicted octanol–water partition coefficient (Wildman–Crippen LogP) is 4.50. The van der Waals surface area contributed by atoms with Gasteiger partial charge in [-0.25, -0.2) is 10.5 Å². The quantitative estimate of drug-likeness (QED) is 0.304. The lowest BCUT2D eigenvalue weighted by molar-refractivity contribution is -0.136. The van der Waals surface area contributed by atoms with Crippen molar-refractivity contribution in [3.05, 3.63) is 48.5 Å². The summed E-state index contributed by atoms with van der Waals surface area (Å²) >= 11 is 0. The van der Waals surface area contributed by atoms with Gasteiger partial charge in [0.05, 0.1) is 34.1 Å². The number of amides is 1. The average Bonchev–Trinajstić information content (AvgIpc) is 2.91. The number of aromatic nitrogens is 1. The van der Waals surface area contributed by atoms with E-state index in [1.54, 1.807) is 52.1 Å². The highest BCUT2D eigenvalue weighted by molar-refractivity contribution is 5.80. The molecule has 0 aliphatic rings. The van der Waals surface area contributed by atoms with Gasteiger partial charge < -0.3 is 23.7 Å². The summed E-state index contributed by atoms with van der Waals surface area (Å²) in [6.07, 6.45) is 0.347. The average molecular weight is 483 g/mol. The molecule has 0 aliphatic heterocycles. The van der Waals surface area contributed by atoms with Gasteiger partial charge in [-0.05, 0) is 42.8 Å². The maximum absolute atomic E-state index is 12.0. The number of hydroxylamine groups is 1. The molecule has 9 heteroatoms. The summed E-state index contributed by atoms with van der Waals surface area (Å²) in [5.74, 6) is 1.95. The fourth-order valence-corrected chi connectivity index (χ4v) is 3.67. The summed E-state index contributed by atoms with van der Waals surface area (Å²) in [6, 6.07) is 14.5. The third-order valence-electron chi connectivity index (χ3n) is 5.38. The molecule has 0 saturated heterocycles. The Morgan fingerprint density at radius 1 is 0.914 bits per heavy atom. The van der Waals surface area contributed by atoms with Crippen LogP contribution in [0.1, 0.15) is 19.8 Å². The number of nitrogens with one attached hydrogen (secondary N) is 1. The van der Waals surface area contributed by atoms with Crippen LogP contribution < -0.4 is 29.2 Å². The molecular weight excluding hydrogens is 452 g/mol. The Labute approximate surface area is 204 Å². The molecule has 1 heterocycles. The lowest BCUT2D eigenvalue weighted by atomic mass is 10.1. The van der Waals surface area contributed by atoms with E-state index >= 15 is 0 Å². The number of ether oxygens (including phenoxy) is 5. The molecule has 1 amide bonds. The van der Waals surface area contributed by atoms with Gasteiger partial charge in [0.1, 0.15) is 17.2 Å². The van der Waals surface area contributed by atoms with Crippen molar-refractivity contribution >= 4 is 5.91 Å². The van der Waals surface area contributed by atoms with Crippen molar-refractivity contribution in [1.29, 1.82) is 0 Å². The van der Waals surface area contributed by atoms with Crippen LogP contribution in [0.5, 0.6) is 28.7 Å². The standard InChI is InChI=1S/C26H30N2O7/c1-6-8-21(26(29)28-30)35-18-10-7-9-16(13-18)24-20(31-2)12-11-19(27-24)17-14-22(32-3)25(34-5)23(15-17)33-4/h7,9-15,21,30H,6,8H2,1-5H3,(H,28,29). The van der Waals surface area contributed by atoms with E-state index in [9.17, 15) is 4.79 Å². The second kappa shape index (κ2) is 11.9. The maximum Gasteiger partial charge on any atom is 0.284 e. The van der Waals surface area contributed by atoms with Gasteiger partial charge in [-0.1, -0.05) is 25.5 Å². The van der Waals surface area contributed by atoms with Crippen molar-refractivity contribution in [2.75, 3.05) is 28.4 Å². The number of nitrogens with zero attached hydrogens (tertiary/aromatic N) is 1. The zero-order valence-electron chi connectivity index (χ0n) is 20.5. The van der Waals surface area contributed by atoms with E-state index in [4.69, 9.17) is 33.9 Å². The van der Waals surface area contributed by atoms with Gasteiger partial charge in [0, 0.05) is 11.1 Å². The lowest BCUT2D eigenvalue weighted by Crippen LogP contribution is -2.36. The number of carbonyl (C=O) groups excluding carboxylic acids is 1. The summed E-state index contributed by atoms with van der Waals surface area (Å²) < 4.78 is 27.8.